The van der Waals surface area contributed by atoms with Crippen LogP contribution in [-0.4, -0.2) is 59.2 Å². The fourth-order valence-corrected chi connectivity index (χ4v) is 2.41. The lowest BCUT2D eigenvalue weighted by atomic mass is 10.3. The van der Waals surface area contributed by atoms with Crippen LogP contribution in [-0.2, 0) is 11.3 Å². The molecule has 0 radical (unpaired) electrons. The van der Waals surface area contributed by atoms with Gasteiger partial charge in [0.1, 0.15) is 18.0 Å². The Morgan fingerprint density at radius 1 is 1.13 bits per heavy atom. The highest BCUT2D eigenvalue weighted by molar-refractivity contribution is 5.46. The number of aromatic nitrogens is 3. The number of hydrogen-bond acceptors (Lipinski definition) is 7. The number of nitrogens with zero attached hydrogens (tertiary/aromatic N) is 4. The molecule has 1 fully saturated rings. The Labute approximate surface area is 136 Å². The summed E-state index contributed by atoms with van der Waals surface area (Å²) in [6.45, 7) is 6.21. The van der Waals surface area contributed by atoms with Crippen molar-refractivity contribution in [3.05, 3.63) is 42.5 Å². The molecule has 122 valence electrons. The average Bonchev–Trinajstić information content (AvgIpc) is 2.62. The Morgan fingerprint density at radius 3 is 2.74 bits per heavy atom. The molecule has 0 atom stereocenters. The molecule has 0 spiro atoms. The molecule has 0 saturated carbocycles. The molecule has 2 aromatic heterocycles. The summed E-state index contributed by atoms with van der Waals surface area (Å²) in [6.07, 6.45) is 5.18. The topological polar surface area (TPSA) is 75.2 Å². The Bertz CT molecular complexity index is 588. The lowest BCUT2D eigenvalue weighted by Gasteiger charge is -2.26. The number of ether oxygens (including phenoxy) is 1. The van der Waals surface area contributed by atoms with Crippen molar-refractivity contribution in [1.82, 2.24) is 19.9 Å². The largest absolute Gasteiger partial charge is 0.379 e. The van der Waals surface area contributed by atoms with Crippen LogP contribution in [0.5, 0.6) is 0 Å². The molecule has 2 aromatic rings. The summed E-state index contributed by atoms with van der Waals surface area (Å²) < 4.78 is 5.35. The third-order valence-electron chi connectivity index (χ3n) is 3.70. The van der Waals surface area contributed by atoms with Crippen LogP contribution in [0.15, 0.2) is 36.9 Å². The summed E-state index contributed by atoms with van der Waals surface area (Å²) >= 11 is 0. The van der Waals surface area contributed by atoms with Crippen molar-refractivity contribution < 1.29 is 4.74 Å². The van der Waals surface area contributed by atoms with Gasteiger partial charge in [-0.2, -0.15) is 0 Å². The van der Waals surface area contributed by atoms with Gasteiger partial charge in [0.2, 0.25) is 0 Å². The number of rotatable bonds is 7. The third-order valence-corrected chi connectivity index (χ3v) is 3.70. The van der Waals surface area contributed by atoms with Crippen molar-refractivity contribution in [3.8, 4) is 0 Å². The Morgan fingerprint density at radius 2 is 1.96 bits per heavy atom. The van der Waals surface area contributed by atoms with Gasteiger partial charge in [0.15, 0.2) is 0 Å². The van der Waals surface area contributed by atoms with E-state index in [2.05, 4.69) is 30.5 Å². The van der Waals surface area contributed by atoms with Crippen LogP contribution < -0.4 is 10.6 Å². The first-order valence-electron chi connectivity index (χ1n) is 7.89. The maximum atomic E-state index is 5.35. The van der Waals surface area contributed by atoms with E-state index in [1.807, 2.05) is 24.4 Å². The lowest BCUT2D eigenvalue weighted by molar-refractivity contribution is 0.0398. The zero-order valence-corrected chi connectivity index (χ0v) is 13.1. The van der Waals surface area contributed by atoms with Crippen LogP contribution in [0, 0.1) is 0 Å². The maximum Gasteiger partial charge on any atom is 0.131 e. The first-order valence-corrected chi connectivity index (χ1v) is 7.89. The van der Waals surface area contributed by atoms with Crippen LogP contribution >= 0.6 is 0 Å². The minimum atomic E-state index is 0.693. The Kier molecular flexibility index (Phi) is 5.71. The maximum absolute atomic E-state index is 5.35. The second kappa shape index (κ2) is 8.40. The number of anilines is 2. The molecule has 7 heteroatoms. The minimum Gasteiger partial charge on any atom is -0.379 e. The van der Waals surface area contributed by atoms with Crippen LogP contribution in [0.2, 0.25) is 0 Å². The van der Waals surface area contributed by atoms with Gasteiger partial charge in [-0.25, -0.2) is 9.97 Å². The van der Waals surface area contributed by atoms with Crippen LogP contribution in [0.1, 0.15) is 5.56 Å². The quantitative estimate of drug-likeness (QED) is 0.796. The van der Waals surface area contributed by atoms with Crippen molar-refractivity contribution >= 4 is 11.6 Å². The fraction of sp³-hybridized carbons (Fsp3) is 0.438. The zero-order chi connectivity index (χ0) is 15.7. The molecule has 0 bridgehead atoms. The van der Waals surface area contributed by atoms with E-state index >= 15 is 0 Å². The van der Waals surface area contributed by atoms with Crippen LogP contribution in [0.3, 0.4) is 0 Å². The molecular weight excluding hydrogens is 292 g/mol. The molecule has 3 rings (SSSR count). The van der Waals surface area contributed by atoms with Crippen molar-refractivity contribution in [2.24, 2.45) is 0 Å². The zero-order valence-electron chi connectivity index (χ0n) is 13.1. The van der Waals surface area contributed by atoms with Crippen LogP contribution in [0.4, 0.5) is 11.6 Å². The predicted octanol–water partition coefficient (Wildman–Crippen LogP) is 1.23. The number of nitrogens with one attached hydrogen (secondary N) is 2. The summed E-state index contributed by atoms with van der Waals surface area (Å²) in [5.41, 5.74) is 1.12. The molecule has 1 saturated heterocycles. The molecule has 0 amide bonds. The molecule has 0 aliphatic carbocycles. The molecular formula is C16H22N6O. The van der Waals surface area contributed by atoms with Crippen molar-refractivity contribution in [2.75, 3.05) is 50.0 Å². The summed E-state index contributed by atoms with van der Waals surface area (Å²) in [5, 5.41) is 6.63. The summed E-state index contributed by atoms with van der Waals surface area (Å²) in [7, 11) is 0. The van der Waals surface area contributed by atoms with Crippen molar-refractivity contribution in [1.29, 1.82) is 0 Å². The van der Waals surface area contributed by atoms with Gasteiger partial charge < -0.3 is 15.4 Å². The molecule has 2 N–H and O–H groups in total. The fourth-order valence-electron chi connectivity index (χ4n) is 2.41. The van der Waals surface area contributed by atoms with Gasteiger partial charge >= 0.3 is 0 Å². The standard InChI is InChI=1S/C16H22N6O/c1-2-14(11-17-3-1)12-19-16-10-15(20-13-21-16)18-4-5-22-6-8-23-9-7-22/h1-3,10-11,13H,4-9,12H2,(H2,18,19,20,21). The number of pyridine rings is 1. The molecule has 0 aromatic carbocycles. The molecule has 7 nitrogen and oxygen atoms in total. The lowest BCUT2D eigenvalue weighted by Crippen LogP contribution is -2.39. The van der Waals surface area contributed by atoms with Gasteiger partial charge in [0, 0.05) is 51.2 Å². The minimum absolute atomic E-state index is 0.693. The van der Waals surface area contributed by atoms with Gasteiger partial charge in [0.05, 0.1) is 13.2 Å². The molecule has 3 heterocycles. The van der Waals surface area contributed by atoms with E-state index in [4.69, 9.17) is 4.74 Å². The second-order valence-corrected chi connectivity index (χ2v) is 5.38. The number of morpholine rings is 1. The first kappa shape index (κ1) is 15.6. The highest BCUT2D eigenvalue weighted by Gasteiger charge is 2.09. The Hall–Kier alpha value is -2.25. The highest BCUT2D eigenvalue weighted by Crippen LogP contribution is 2.10. The Balaban J connectivity index is 1.45. The van der Waals surface area contributed by atoms with E-state index in [9.17, 15) is 0 Å². The van der Waals surface area contributed by atoms with E-state index in [1.165, 1.54) is 0 Å². The second-order valence-electron chi connectivity index (χ2n) is 5.38. The van der Waals surface area contributed by atoms with Gasteiger partial charge in [-0.05, 0) is 11.6 Å². The smallest absolute Gasteiger partial charge is 0.131 e. The SMILES string of the molecule is c1cncc(CNc2cc(NCCN3CCOCC3)ncn2)c1. The van der Waals surface area contributed by atoms with Crippen LogP contribution in [0.25, 0.3) is 0 Å². The van der Waals surface area contributed by atoms with Gasteiger partial charge in [0.25, 0.3) is 0 Å². The highest BCUT2D eigenvalue weighted by atomic mass is 16.5. The van der Waals surface area contributed by atoms with Crippen molar-refractivity contribution in [2.45, 2.75) is 6.54 Å². The first-order chi connectivity index (χ1) is 11.4. The monoisotopic (exact) mass is 314 g/mol. The molecule has 1 aliphatic rings. The summed E-state index contributed by atoms with van der Waals surface area (Å²) in [5.74, 6) is 1.64. The predicted molar refractivity (Wildman–Crippen MR) is 89.3 cm³/mol. The van der Waals surface area contributed by atoms with Gasteiger partial charge in [-0.15, -0.1) is 0 Å². The summed E-state index contributed by atoms with van der Waals surface area (Å²) in [6, 6.07) is 5.88. The normalized spacial score (nSPS) is 15.3. The van der Waals surface area contributed by atoms with E-state index in [1.54, 1.807) is 12.5 Å². The van der Waals surface area contributed by atoms with E-state index in [0.29, 0.717) is 6.54 Å². The van der Waals surface area contributed by atoms with E-state index in [-0.39, 0.29) is 0 Å². The molecule has 0 unspecified atom stereocenters. The van der Waals surface area contributed by atoms with E-state index < -0.39 is 0 Å². The molecule has 1 aliphatic heterocycles. The molecule has 23 heavy (non-hydrogen) atoms. The van der Waals surface area contributed by atoms with Crippen molar-refractivity contribution in [3.63, 3.8) is 0 Å². The van der Waals surface area contributed by atoms with Gasteiger partial charge in [-0.3, -0.25) is 9.88 Å². The summed E-state index contributed by atoms with van der Waals surface area (Å²) in [4.78, 5) is 15.0. The van der Waals surface area contributed by atoms with E-state index in [0.717, 1.165) is 56.6 Å². The number of hydrogen-bond donors (Lipinski definition) is 2. The average molecular weight is 314 g/mol. The van der Waals surface area contributed by atoms with Gasteiger partial charge in [-0.1, -0.05) is 6.07 Å². The third kappa shape index (κ3) is 5.15.